The standard InChI is InChI=1S/C68H42Cl8O4/c1-43-61(35-39-65(77,45-3-19-53(69)20-4-45)46-5-21-54(70)22-6-46)63(37-41-67(79,49-11-27-57(73)28-12-49)50-13-29-58(74)30-14-50)44(2)64(38-42-68(80,51-15-31-59(75)32-16-51)52-17-33-60(76)34-18-52)62(43)36-40-66(78,47-7-23-55(71)24-8-47)48-9-25-56(72)26-10-48/h3-34,77-80H,1-2H3. The van der Waals surface area contributed by atoms with Gasteiger partial charge in [0.1, 0.15) is 0 Å². The van der Waals surface area contributed by atoms with Crippen LogP contribution in [0.25, 0.3) is 0 Å². The SMILES string of the molecule is Cc1c(C#CC(O)(c2ccc(Cl)cc2)c2ccc(Cl)cc2)c(C#CC(O)(c2ccc(Cl)cc2)c2ccc(Cl)cc2)c(C)c(C#CC(O)(c2ccc(Cl)cc2)c2ccc(Cl)cc2)c1C#CC(O)(c1ccc(Cl)cc1)c1ccc(Cl)cc1. The first-order chi connectivity index (χ1) is 38.2. The van der Waals surface area contributed by atoms with Crippen molar-refractivity contribution in [1.82, 2.24) is 0 Å². The molecule has 9 aromatic rings. The smallest absolute Gasteiger partial charge is 0.177 e. The molecule has 0 aliphatic carbocycles. The van der Waals surface area contributed by atoms with Crippen molar-refractivity contribution in [3.05, 3.63) is 312 Å². The highest BCUT2D eigenvalue weighted by molar-refractivity contribution is 6.32. The number of aliphatic hydroxyl groups is 4. The second-order valence-corrected chi connectivity index (χ2v) is 22.1. The van der Waals surface area contributed by atoms with Crippen LogP contribution in [0.5, 0.6) is 0 Å². The molecule has 0 aliphatic rings. The maximum Gasteiger partial charge on any atom is 0.177 e. The van der Waals surface area contributed by atoms with Gasteiger partial charge in [-0.25, -0.2) is 0 Å². The van der Waals surface area contributed by atoms with Crippen LogP contribution in [0, 0.1) is 61.2 Å². The maximum absolute atomic E-state index is 13.0. The zero-order valence-electron chi connectivity index (χ0n) is 42.3. The van der Waals surface area contributed by atoms with Crippen LogP contribution in [-0.4, -0.2) is 20.4 Å². The normalized spacial score (nSPS) is 11.5. The third kappa shape index (κ3) is 12.3. The summed E-state index contributed by atoms with van der Waals surface area (Å²) in [6.45, 7) is 3.54. The Bertz CT molecular complexity index is 3310. The predicted molar refractivity (Wildman–Crippen MR) is 327 cm³/mol. The molecule has 0 aromatic heterocycles. The fourth-order valence-corrected chi connectivity index (χ4v) is 10.0. The summed E-state index contributed by atoms with van der Waals surface area (Å²) in [5.41, 5.74) is -2.96. The maximum atomic E-state index is 13.0. The Labute approximate surface area is 505 Å². The topological polar surface area (TPSA) is 80.9 Å². The minimum atomic E-state index is -1.99. The first-order valence-corrected chi connectivity index (χ1v) is 27.5. The minimum absolute atomic E-state index is 0.271. The molecule has 80 heavy (non-hydrogen) atoms. The molecule has 394 valence electrons. The molecule has 4 N–H and O–H groups in total. The Morgan fingerprint density at radius 3 is 0.450 bits per heavy atom. The average Bonchev–Trinajstić information content (AvgIpc) is 3.50. The van der Waals surface area contributed by atoms with Crippen molar-refractivity contribution in [3.63, 3.8) is 0 Å². The van der Waals surface area contributed by atoms with Gasteiger partial charge in [0, 0.05) is 107 Å². The van der Waals surface area contributed by atoms with Gasteiger partial charge in [-0.15, -0.1) is 0 Å². The van der Waals surface area contributed by atoms with Crippen LogP contribution in [0.15, 0.2) is 194 Å². The van der Waals surface area contributed by atoms with Gasteiger partial charge in [-0.1, -0.05) is 237 Å². The summed E-state index contributed by atoms with van der Waals surface area (Å²) < 4.78 is 0. The summed E-state index contributed by atoms with van der Waals surface area (Å²) in [5.74, 6) is 26.1. The van der Waals surface area contributed by atoms with Gasteiger partial charge in [-0.05, 0) is 122 Å². The van der Waals surface area contributed by atoms with Crippen molar-refractivity contribution in [2.75, 3.05) is 0 Å². The van der Waals surface area contributed by atoms with Crippen molar-refractivity contribution >= 4 is 92.8 Å². The molecule has 12 heteroatoms. The minimum Gasteiger partial charge on any atom is -0.369 e. The third-order valence-electron chi connectivity index (χ3n) is 13.6. The Morgan fingerprint density at radius 1 is 0.225 bits per heavy atom. The molecule has 0 radical (unpaired) electrons. The van der Waals surface area contributed by atoms with E-state index in [4.69, 9.17) is 92.8 Å². The van der Waals surface area contributed by atoms with E-state index in [0.717, 1.165) is 0 Å². The lowest BCUT2D eigenvalue weighted by Crippen LogP contribution is -2.26. The summed E-state index contributed by atoms with van der Waals surface area (Å²) in [6, 6.07) is 53.2. The second kappa shape index (κ2) is 24.2. The fraction of sp³-hybridized carbons (Fsp3) is 0.0882. The summed E-state index contributed by atoms with van der Waals surface area (Å²) in [5, 5.41) is 55.5. The summed E-state index contributed by atoms with van der Waals surface area (Å²) in [4.78, 5) is 0. The highest BCUT2D eigenvalue weighted by Crippen LogP contribution is 2.38. The Morgan fingerprint density at radius 2 is 0.338 bits per heavy atom. The number of benzene rings is 9. The molecule has 0 heterocycles. The van der Waals surface area contributed by atoms with E-state index in [9.17, 15) is 20.4 Å². The summed E-state index contributed by atoms with van der Waals surface area (Å²) >= 11 is 51.2. The molecule has 0 bridgehead atoms. The van der Waals surface area contributed by atoms with Gasteiger partial charge in [0.25, 0.3) is 0 Å². The van der Waals surface area contributed by atoms with E-state index in [1.165, 1.54) is 0 Å². The van der Waals surface area contributed by atoms with Crippen LogP contribution in [0.4, 0.5) is 0 Å². The van der Waals surface area contributed by atoms with Crippen molar-refractivity contribution in [2.45, 2.75) is 36.3 Å². The van der Waals surface area contributed by atoms with Crippen molar-refractivity contribution in [1.29, 1.82) is 0 Å². The molecule has 0 fully saturated rings. The van der Waals surface area contributed by atoms with Crippen LogP contribution in [0.1, 0.15) is 77.9 Å². The van der Waals surface area contributed by atoms with Crippen molar-refractivity contribution in [3.8, 4) is 47.4 Å². The molecule has 0 aliphatic heterocycles. The van der Waals surface area contributed by atoms with E-state index >= 15 is 0 Å². The first-order valence-electron chi connectivity index (χ1n) is 24.5. The highest BCUT2D eigenvalue weighted by Gasteiger charge is 2.34. The zero-order chi connectivity index (χ0) is 57.0. The second-order valence-electron chi connectivity index (χ2n) is 18.6. The lowest BCUT2D eigenvalue weighted by molar-refractivity contribution is 0.145. The van der Waals surface area contributed by atoms with Crippen LogP contribution in [0.2, 0.25) is 40.2 Å². The molecule has 9 rings (SSSR count). The van der Waals surface area contributed by atoms with Gasteiger partial charge in [0.05, 0.1) is 0 Å². The average molecular weight is 1210 g/mol. The quantitative estimate of drug-likeness (QED) is 0.114. The fourth-order valence-electron chi connectivity index (χ4n) is 9.01. The molecule has 0 amide bonds. The lowest BCUT2D eigenvalue weighted by Gasteiger charge is -2.25. The van der Waals surface area contributed by atoms with Crippen LogP contribution in [0.3, 0.4) is 0 Å². The number of hydrogen-bond donors (Lipinski definition) is 4. The van der Waals surface area contributed by atoms with Gasteiger partial charge in [0.15, 0.2) is 22.4 Å². The Kier molecular flexibility index (Phi) is 17.6. The van der Waals surface area contributed by atoms with E-state index in [0.29, 0.717) is 95.8 Å². The number of halogens is 8. The summed E-state index contributed by atoms with van der Waals surface area (Å²) in [7, 11) is 0. The van der Waals surface area contributed by atoms with Crippen molar-refractivity contribution in [2.24, 2.45) is 0 Å². The lowest BCUT2D eigenvalue weighted by atomic mass is 9.82. The van der Waals surface area contributed by atoms with Gasteiger partial charge >= 0.3 is 0 Å². The number of hydrogen-bond acceptors (Lipinski definition) is 4. The van der Waals surface area contributed by atoms with E-state index in [-0.39, 0.29) is 22.3 Å². The molecule has 9 aromatic carbocycles. The zero-order valence-corrected chi connectivity index (χ0v) is 48.3. The van der Waals surface area contributed by atoms with E-state index in [1.807, 2.05) is 0 Å². The van der Waals surface area contributed by atoms with Gasteiger partial charge in [-0.2, -0.15) is 0 Å². The Hall–Kier alpha value is -6.62. The van der Waals surface area contributed by atoms with E-state index in [2.05, 4.69) is 47.4 Å². The van der Waals surface area contributed by atoms with E-state index in [1.54, 1.807) is 208 Å². The molecule has 4 nitrogen and oxygen atoms in total. The van der Waals surface area contributed by atoms with Gasteiger partial charge in [-0.3, -0.25) is 0 Å². The molecular formula is C68H42Cl8O4. The Balaban J connectivity index is 1.42. The first kappa shape index (κ1) is 58.0. The third-order valence-corrected chi connectivity index (χ3v) is 15.6. The number of rotatable bonds is 8. The predicted octanol–water partition coefficient (Wildman–Crippen LogP) is 16.7. The van der Waals surface area contributed by atoms with Crippen LogP contribution in [-0.2, 0) is 22.4 Å². The van der Waals surface area contributed by atoms with Gasteiger partial charge in [0.2, 0.25) is 0 Å². The molecule has 0 unspecified atom stereocenters. The van der Waals surface area contributed by atoms with E-state index < -0.39 is 22.4 Å². The molecule has 0 saturated carbocycles. The molecule has 0 spiro atoms. The monoisotopic (exact) mass is 1200 g/mol. The van der Waals surface area contributed by atoms with Crippen LogP contribution < -0.4 is 0 Å². The molecule has 0 atom stereocenters. The molecular weight excluding hydrogens is 1160 g/mol. The van der Waals surface area contributed by atoms with Gasteiger partial charge < -0.3 is 20.4 Å². The largest absolute Gasteiger partial charge is 0.369 e. The highest BCUT2D eigenvalue weighted by atomic mass is 35.5. The summed E-state index contributed by atoms with van der Waals surface area (Å²) in [6.07, 6.45) is 0. The molecule has 0 saturated heterocycles. The van der Waals surface area contributed by atoms with Crippen molar-refractivity contribution < 1.29 is 20.4 Å². The van der Waals surface area contributed by atoms with Crippen LogP contribution >= 0.6 is 92.8 Å².